The highest BCUT2D eigenvalue weighted by molar-refractivity contribution is 5.96. The summed E-state index contributed by atoms with van der Waals surface area (Å²) in [6.45, 7) is 4.58. The van der Waals surface area contributed by atoms with E-state index in [-0.39, 0.29) is 24.1 Å². The summed E-state index contributed by atoms with van der Waals surface area (Å²) in [6, 6.07) is 14.8. The zero-order valence-electron chi connectivity index (χ0n) is 18.0. The van der Waals surface area contributed by atoms with Crippen LogP contribution in [0.2, 0.25) is 0 Å². The smallest absolute Gasteiger partial charge is 0.258 e. The van der Waals surface area contributed by atoms with Crippen LogP contribution in [0.3, 0.4) is 0 Å². The first-order chi connectivity index (χ1) is 16.3. The maximum absolute atomic E-state index is 13.0. The number of amides is 1. The number of morpholine rings is 1. The van der Waals surface area contributed by atoms with Gasteiger partial charge in [-0.25, -0.2) is 4.98 Å². The van der Waals surface area contributed by atoms with Crippen molar-refractivity contribution >= 4 is 5.91 Å². The summed E-state index contributed by atoms with van der Waals surface area (Å²) < 4.78 is 22.2. The van der Waals surface area contributed by atoms with Gasteiger partial charge in [-0.05, 0) is 12.1 Å². The molecule has 0 radical (unpaired) electrons. The van der Waals surface area contributed by atoms with Gasteiger partial charge in [-0.2, -0.15) is 4.98 Å². The average molecular weight is 448 g/mol. The number of aromatic nitrogens is 2. The van der Waals surface area contributed by atoms with Gasteiger partial charge in [0, 0.05) is 44.0 Å². The van der Waals surface area contributed by atoms with E-state index in [1.54, 1.807) is 18.2 Å². The molecule has 33 heavy (non-hydrogen) atoms. The number of nitrogens with zero attached hydrogens (tertiary/aromatic N) is 3. The summed E-state index contributed by atoms with van der Waals surface area (Å²) in [5.41, 5.74) is 1.08. The van der Waals surface area contributed by atoms with Crippen LogP contribution in [0.15, 0.2) is 54.7 Å². The summed E-state index contributed by atoms with van der Waals surface area (Å²) in [4.78, 5) is 24.2. The third-order valence-corrected chi connectivity index (χ3v) is 5.41. The van der Waals surface area contributed by atoms with Crippen LogP contribution in [0.5, 0.6) is 23.1 Å². The molecule has 1 fully saturated rings. The molecule has 9 heteroatoms. The molecule has 0 aliphatic carbocycles. The van der Waals surface area contributed by atoms with Crippen molar-refractivity contribution in [3.8, 4) is 34.5 Å². The molecule has 170 valence electrons. The second-order valence-electron chi connectivity index (χ2n) is 7.61. The molecule has 5 rings (SSSR count). The zero-order valence-corrected chi connectivity index (χ0v) is 18.0. The molecular formula is C24H24N4O5. The lowest BCUT2D eigenvalue weighted by Crippen LogP contribution is -2.41. The number of benzene rings is 2. The third-order valence-electron chi connectivity index (χ3n) is 5.41. The lowest BCUT2D eigenvalue weighted by atomic mass is 10.2. The minimum Gasteiger partial charge on any atom is -0.454 e. The van der Waals surface area contributed by atoms with E-state index in [4.69, 9.17) is 18.9 Å². The normalized spacial score (nSPS) is 15.3. The summed E-state index contributed by atoms with van der Waals surface area (Å²) in [7, 11) is 0. The van der Waals surface area contributed by atoms with Crippen molar-refractivity contribution < 1.29 is 23.7 Å². The van der Waals surface area contributed by atoms with E-state index in [0.717, 1.165) is 38.4 Å². The fourth-order valence-corrected chi connectivity index (χ4v) is 3.63. The van der Waals surface area contributed by atoms with Gasteiger partial charge in [-0.1, -0.05) is 30.3 Å². The van der Waals surface area contributed by atoms with Gasteiger partial charge in [0.2, 0.25) is 12.7 Å². The number of ether oxygens (including phenoxy) is 4. The van der Waals surface area contributed by atoms with Crippen LogP contribution in [0.1, 0.15) is 10.4 Å². The molecule has 0 spiro atoms. The summed E-state index contributed by atoms with van der Waals surface area (Å²) in [5, 5.41) is 2.95. The number of carbonyl (C=O) groups excluding carboxylic acids is 1. The summed E-state index contributed by atoms with van der Waals surface area (Å²) in [5.74, 6) is 2.07. The number of nitrogens with one attached hydrogen (secondary N) is 1. The summed E-state index contributed by atoms with van der Waals surface area (Å²) in [6.07, 6.45) is 1.50. The Morgan fingerprint density at radius 1 is 1.06 bits per heavy atom. The molecule has 1 amide bonds. The van der Waals surface area contributed by atoms with Crippen LogP contribution in [-0.4, -0.2) is 67.0 Å². The Balaban J connectivity index is 1.36. The minimum atomic E-state index is -0.293. The zero-order chi connectivity index (χ0) is 22.5. The molecule has 1 saturated heterocycles. The number of fused-ring (bicyclic) bond motifs is 1. The Morgan fingerprint density at radius 3 is 2.73 bits per heavy atom. The number of rotatable bonds is 7. The van der Waals surface area contributed by atoms with Crippen LogP contribution >= 0.6 is 0 Å². The van der Waals surface area contributed by atoms with E-state index in [0.29, 0.717) is 29.6 Å². The molecule has 2 aliphatic rings. The van der Waals surface area contributed by atoms with Gasteiger partial charge < -0.3 is 24.3 Å². The van der Waals surface area contributed by atoms with Gasteiger partial charge in [-0.15, -0.1) is 0 Å². The van der Waals surface area contributed by atoms with Crippen molar-refractivity contribution in [2.75, 3.05) is 46.2 Å². The predicted molar refractivity (Wildman–Crippen MR) is 120 cm³/mol. The first-order valence-electron chi connectivity index (χ1n) is 10.8. The molecule has 3 aromatic rings. The average Bonchev–Trinajstić information content (AvgIpc) is 3.33. The maximum atomic E-state index is 13.0. The second kappa shape index (κ2) is 9.85. The topological polar surface area (TPSA) is 95.0 Å². The van der Waals surface area contributed by atoms with E-state index in [9.17, 15) is 4.79 Å². The Morgan fingerprint density at radius 2 is 1.88 bits per heavy atom. The highest BCUT2D eigenvalue weighted by Crippen LogP contribution is 2.37. The van der Waals surface area contributed by atoms with Crippen molar-refractivity contribution in [3.05, 3.63) is 60.3 Å². The molecule has 0 unspecified atom stereocenters. The van der Waals surface area contributed by atoms with Gasteiger partial charge >= 0.3 is 0 Å². The standard InChI is InChI=1S/C24H24N4O5/c29-23(25-8-9-28-10-12-30-13-11-28)19-15-26-22(17-4-2-1-3-5-17)27-24(19)33-18-6-7-20-21(14-18)32-16-31-20/h1-7,14-15H,8-13,16H2,(H,25,29). The van der Waals surface area contributed by atoms with Crippen LogP contribution < -0.4 is 19.5 Å². The first-order valence-corrected chi connectivity index (χ1v) is 10.8. The molecule has 1 aromatic heterocycles. The quantitative estimate of drug-likeness (QED) is 0.590. The lowest BCUT2D eigenvalue weighted by molar-refractivity contribution is 0.0383. The second-order valence-corrected chi connectivity index (χ2v) is 7.61. The fraction of sp³-hybridized carbons (Fsp3) is 0.292. The molecule has 2 aromatic carbocycles. The predicted octanol–water partition coefficient (Wildman–Crippen LogP) is 2.73. The van der Waals surface area contributed by atoms with Crippen molar-refractivity contribution in [2.45, 2.75) is 0 Å². The number of hydrogen-bond donors (Lipinski definition) is 1. The molecule has 0 atom stereocenters. The van der Waals surface area contributed by atoms with Crippen LogP contribution in [0.4, 0.5) is 0 Å². The monoisotopic (exact) mass is 448 g/mol. The van der Waals surface area contributed by atoms with Gasteiger partial charge in [0.05, 0.1) is 13.2 Å². The Kier molecular flexibility index (Phi) is 6.32. The largest absolute Gasteiger partial charge is 0.454 e. The molecule has 3 heterocycles. The lowest BCUT2D eigenvalue weighted by Gasteiger charge is -2.26. The summed E-state index contributed by atoms with van der Waals surface area (Å²) >= 11 is 0. The molecule has 2 aliphatic heterocycles. The molecular weight excluding hydrogens is 424 g/mol. The van der Waals surface area contributed by atoms with E-state index < -0.39 is 0 Å². The van der Waals surface area contributed by atoms with Crippen molar-refractivity contribution in [3.63, 3.8) is 0 Å². The number of hydrogen-bond acceptors (Lipinski definition) is 8. The van der Waals surface area contributed by atoms with E-state index in [1.165, 1.54) is 6.20 Å². The van der Waals surface area contributed by atoms with Crippen LogP contribution in [-0.2, 0) is 4.74 Å². The molecule has 1 N–H and O–H groups in total. The van der Waals surface area contributed by atoms with E-state index in [1.807, 2.05) is 30.3 Å². The van der Waals surface area contributed by atoms with Crippen LogP contribution in [0, 0.1) is 0 Å². The molecule has 0 bridgehead atoms. The van der Waals surface area contributed by atoms with Gasteiger partial charge in [0.1, 0.15) is 11.3 Å². The minimum absolute atomic E-state index is 0.168. The van der Waals surface area contributed by atoms with Crippen molar-refractivity contribution in [2.24, 2.45) is 0 Å². The first kappa shape index (κ1) is 21.2. The van der Waals surface area contributed by atoms with Gasteiger partial charge in [0.15, 0.2) is 17.3 Å². The Hall–Kier alpha value is -3.69. The van der Waals surface area contributed by atoms with Gasteiger partial charge in [-0.3, -0.25) is 9.69 Å². The van der Waals surface area contributed by atoms with E-state index in [2.05, 4.69) is 20.2 Å². The van der Waals surface area contributed by atoms with Crippen molar-refractivity contribution in [1.82, 2.24) is 20.2 Å². The fourth-order valence-electron chi connectivity index (χ4n) is 3.63. The van der Waals surface area contributed by atoms with Gasteiger partial charge in [0.25, 0.3) is 5.91 Å². The van der Waals surface area contributed by atoms with Crippen molar-refractivity contribution in [1.29, 1.82) is 0 Å². The highest BCUT2D eigenvalue weighted by Gasteiger charge is 2.20. The third kappa shape index (κ3) is 5.05. The van der Waals surface area contributed by atoms with E-state index >= 15 is 0 Å². The Labute approximate surface area is 191 Å². The van der Waals surface area contributed by atoms with Crippen LogP contribution in [0.25, 0.3) is 11.4 Å². The maximum Gasteiger partial charge on any atom is 0.258 e. The molecule has 0 saturated carbocycles. The highest BCUT2D eigenvalue weighted by atomic mass is 16.7. The molecule has 9 nitrogen and oxygen atoms in total. The Bertz CT molecular complexity index is 1120. The SMILES string of the molecule is O=C(NCCN1CCOCC1)c1cnc(-c2ccccc2)nc1Oc1ccc2c(c1)OCO2. The number of carbonyl (C=O) groups is 1.